The Bertz CT molecular complexity index is 1030. The molecule has 0 saturated carbocycles. The standard InChI is InChI=1S/C21H20N4O3S/c26-20(15-7-9-18(10-8-15)25(27)28)22-17-6-4-5-16(13-17)19-14-29-21(23-19)24-11-2-1-3-12-24/h4-10,13-14H,1-3,11-12H2,(H,22,26). The van der Waals surface area contributed by atoms with E-state index in [1.807, 2.05) is 29.6 Å². The van der Waals surface area contributed by atoms with Gasteiger partial charge in [0.1, 0.15) is 0 Å². The van der Waals surface area contributed by atoms with Gasteiger partial charge in [-0.25, -0.2) is 4.98 Å². The van der Waals surface area contributed by atoms with E-state index in [4.69, 9.17) is 4.98 Å². The van der Waals surface area contributed by atoms with Crippen LogP contribution in [-0.4, -0.2) is 28.9 Å². The molecule has 1 saturated heterocycles. The van der Waals surface area contributed by atoms with Crippen LogP contribution in [0.3, 0.4) is 0 Å². The number of nitrogens with one attached hydrogen (secondary N) is 1. The molecule has 29 heavy (non-hydrogen) atoms. The van der Waals surface area contributed by atoms with E-state index in [-0.39, 0.29) is 11.6 Å². The minimum atomic E-state index is -0.489. The average molecular weight is 408 g/mol. The number of aromatic nitrogens is 1. The van der Waals surface area contributed by atoms with Crippen molar-refractivity contribution in [3.63, 3.8) is 0 Å². The summed E-state index contributed by atoms with van der Waals surface area (Å²) in [6, 6.07) is 13.1. The number of nitro benzene ring substituents is 1. The molecule has 0 unspecified atom stereocenters. The number of carbonyl (C=O) groups excluding carboxylic acids is 1. The van der Waals surface area contributed by atoms with Gasteiger partial charge in [0.05, 0.1) is 10.6 Å². The predicted octanol–water partition coefficient (Wildman–Crippen LogP) is 4.96. The molecule has 7 nitrogen and oxygen atoms in total. The zero-order valence-electron chi connectivity index (χ0n) is 15.7. The second-order valence-corrected chi connectivity index (χ2v) is 7.74. The lowest BCUT2D eigenvalue weighted by Crippen LogP contribution is -2.29. The summed E-state index contributed by atoms with van der Waals surface area (Å²) < 4.78 is 0. The van der Waals surface area contributed by atoms with Crippen LogP contribution in [0.5, 0.6) is 0 Å². The molecule has 1 fully saturated rings. The van der Waals surface area contributed by atoms with Gasteiger partial charge in [0, 0.05) is 47.4 Å². The van der Waals surface area contributed by atoms with Gasteiger partial charge in [0.15, 0.2) is 5.13 Å². The summed E-state index contributed by atoms with van der Waals surface area (Å²) in [5.74, 6) is -0.315. The van der Waals surface area contributed by atoms with Crippen molar-refractivity contribution < 1.29 is 9.72 Å². The van der Waals surface area contributed by atoms with E-state index >= 15 is 0 Å². The lowest BCUT2D eigenvalue weighted by atomic mass is 10.1. The van der Waals surface area contributed by atoms with Crippen LogP contribution in [0.15, 0.2) is 53.9 Å². The lowest BCUT2D eigenvalue weighted by molar-refractivity contribution is -0.384. The maximum Gasteiger partial charge on any atom is 0.269 e. The molecule has 0 radical (unpaired) electrons. The molecule has 0 spiro atoms. The first-order valence-corrected chi connectivity index (χ1v) is 10.3. The quantitative estimate of drug-likeness (QED) is 0.476. The average Bonchev–Trinajstić information content (AvgIpc) is 3.25. The van der Waals surface area contributed by atoms with E-state index in [0.717, 1.165) is 29.5 Å². The number of anilines is 2. The van der Waals surface area contributed by atoms with E-state index in [9.17, 15) is 14.9 Å². The third-order valence-corrected chi connectivity index (χ3v) is 5.78. The maximum absolute atomic E-state index is 12.5. The number of amides is 1. The molecule has 1 aliphatic rings. The van der Waals surface area contributed by atoms with Crippen LogP contribution in [0.25, 0.3) is 11.3 Å². The van der Waals surface area contributed by atoms with Crippen LogP contribution in [0.1, 0.15) is 29.6 Å². The predicted molar refractivity (Wildman–Crippen MR) is 115 cm³/mol. The molecule has 1 amide bonds. The lowest BCUT2D eigenvalue weighted by Gasteiger charge is -2.25. The molecule has 1 aromatic heterocycles. The first-order chi connectivity index (χ1) is 14.1. The van der Waals surface area contributed by atoms with Gasteiger partial charge in [-0.2, -0.15) is 0 Å². The molecule has 0 bridgehead atoms. The summed E-state index contributed by atoms with van der Waals surface area (Å²) in [6.07, 6.45) is 3.70. The van der Waals surface area contributed by atoms with Crippen LogP contribution in [0.4, 0.5) is 16.5 Å². The second kappa shape index (κ2) is 8.40. The number of nitro groups is 1. The number of non-ortho nitro benzene ring substituents is 1. The van der Waals surface area contributed by atoms with Crippen LogP contribution < -0.4 is 10.2 Å². The number of piperidine rings is 1. The molecule has 0 aliphatic carbocycles. The summed E-state index contributed by atoms with van der Waals surface area (Å²) in [5.41, 5.74) is 2.80. The minimum absolute atomic E-state index is 0.0448. The van der Waals surface area contributed by atoms with Gasteiger partial charge in [0.2, 0.25) is 0 Å². The van der Waals surface area contributed by atoms with Gasteiger partial charge in [-0.3, -0.25) is 14.9 Å². The van der Waals surface area contributed by atoms with Gasteiger partial charge < -0.3 is 10.2 Å². The minimum Gasteiger partial charge on any atom is -0.348 e. The SMILES string of the molecule is O=C(Nc1cccc(-c2csc(N3CCCCC3)n2)c1)c1ccc([N+](=O)[O-])cc1. The smallest absolute Gasteiger partial charge is 0.269 e. The number of thiazole rings is 1. The summed E-state index contributed by atoms with van der Waals surface area (Å²) in [5, 5.41) is 16.7. The fraction of sp³-hybridized carbons (Fsp3) is 0.238. The third-order valence-electron chi connectivity index (χ3n) is 4.88. The Morgan fingerprint density at radius 2 is 1.86 bits per heavy atom. The molecule has 148 valence electrons. The molecule has 1 N–H and O–H groups in total. The largest absolute Gasteiger partial charge is 0.348 e. The van der Waals surface area contributed by atoms with Crippen molar-refractivity contribution >= 4 is 33.8 Å². The Morgan fingerprint density at radius 1 is 1.10 bits per heavy atom. The van der Waals surface area contributed by atoms with E-state index in [1.165, 1.54) is 43.5 Å². The molecule has 2 aromatic carbocycles. The van der Waals surface area contributed by atoms with Gasteiger partial charge in [-0.15, -0.1) is 11.3 Å². The van der Waals surface area contributed by atoms with E-state index in [1.54, 1.807) is 11.3 Å². The van der Waals surface area contributed by atoms with Crippen LogP contribution in [-0.2, 0) is 0 Å². The Labute approximate surface area is 172 Å². The van der Waals surface area contributed by atoms with Crippen molar-refractivity contribution in [3.8, 4) is 11.3 Å². The zero-order chi connectivity index (χ0) is 20.2. The number of nitrogens with zero attached hydrogens (tertiary/aromatic N) is 3. The second-order valence-electron chi connectivity index (χ2n) is 6.90. The highest BCUT2D eigenvalue weighted by atomic mass is 32.1. The van der Waals surface area contributed by atoms with E-state index < -0.39 is 4.92 Å². The molecule has 1 aliphatic heterocycles. The van der Waals surface area contributed by atoms with Gasteiger partial charge >= 0.3 is 0 Å². The summed E-state index contributed by atoms with van der Waals surface area (Å²) in [4.78, 5) is 29.8. The van der Waals surface area contributed by atoms with Crippen molar-refractivity contribution in [2.45, 2.75) is 19.3 Å². The number of benzene rings is 2. The fourth-order valence-electron chi connectivity index (χ4n) is 3.32. The number of rotatable bonds is 5. The van der Waals surface area contributed by atoms with Crippen molar-refractivity contribution in [2.24, 2.45) is 0 Å². The van der Waals surface area contributed by atoms with Crippen molar-refractivity contribution in [1.82, 2.24) is 4.98 Å². The molecular weight excluding hydrogens is 388 g/mol. The molecule has 3 aromatic rings. The van der Waals surface area contributed by atoms with Crippen LogP contribution in [0.2, 0.25) is 0 Å². The van der Waals surface area contributed by atoms with Gasteiger partial charge in [-0.1, -0.05) is 12.1 Å². The van der Waals surface area contributed by atoms with Crippen LogP contribution >= 0.6 is 11.3 Å². The van der Waals surface area contributed by atoms with Crippen molar-refractivity contribution in [2.75, 3.05) is 23.3 Å². The topological polar surface area (TPSA) is 88.4 Å². The highest BCUT2D eigenvalue weighted by Gasteiger charge is 2.15. The number of carbonyl (C=O) groups is 1. The first-order valence-electron chi connectivity index (χ1n) is 9.47. The highest BCUT2D eigenvalue weighted by molar-refractivity contribution is 7.14. The molecule has 8 heteroatoms. The maximum atomic E-state index is 12.5. The Hall–Kier alpha value is -3.26. The molecule has 0 atom stereocenters. The normalized spacial score (nSPS) is 13.9. The third kappa shape index (κ3) is 4.43. The monoisotopic (exact) mass is 408 g/mol. The number of hydrogen-bond acceptors (Lipinski definition) is 6. The van der Waals surface area contributed by atoms with E-state index in [2.05, 4.69) is 10.2 Å². The molecule has 4 rings (SSSR count). The highest BCUT2D eigenvalue weighted by Crippen LogP contribution is 2.30. The molecular formula is C21H20N4O3S. The summed E-state index contributed by atoms with van der Waals surface area (Å²) >= 11 is 1.64. The van der Waals surface area contributed by atoms with Gasteiger partial charge in [0.25, 0.3) is 11.6 Å². The van der Waals surface area contributed by atoms with Crippen molar-refractivity contribution in [1.29, 1.82) is 0 Å². The first kappa shape index (κ1) is 19.1. The summed E-state index contributed by atoms with van der Waals surface area (Å²) in [7, 11) is 0. The Morgan fingerprint density at radius 3 is 2.59 bits per heavy atom. The number of hydrogen-bond donors (Lipinski definition) is 1. The Kier molecular flexibility index (Phi) is 5.53. The summed E-state index contributed by atoms with van der Waals surface area (Å²) in [6.45, 7) is 2.11. The van der Waals surface area contributed by atoms with E-state index in [0.29, 0.717) is 11.3 Å². The van der Waals surface area contributed by atoms with Crippen molar-refractivity contribution in [3.05, 3.63) is 69.6 Å². The van der Waals surface area contributed by atoms with Gasteiger partial charge in [-0.05, 0) is 43.5 Å². The van der Waals surface area contributed by atoms with Crippen LogP contribution in [0, 0.1) is 10.1 Å². The Balaban J connectivity index is 1.48. The molecule has 2 heterocycles. The fourth-order valence-corrected chi connectivity index (χ4v) is 4.21. The zero-order valence-corrected chi connectivity index (χ0v) is 16.5.